The SMILES string of the molecule is O=C(Nc1ccc(N2CCOCC2)cc1)c1ccc(C2=Nc3ccc(OCc4ccccn4)cc3C2)cc1. The molecule has 2 aliphatic rings. The Hall–Kier alpha value is -4.49. The molecule has 0 spiro atoms. The summed E-state index contributed by atoms with van der Waals surface area (Å²) in [4.78, 5) is 24.2. The molecule has 3 aromatic carbocycles. The van der Waals surface area contributed by atoms with Crippen LogP contribution in [0.5, 0.6) is 5.75 Å². The number of amides is 1. The number of morpholine rings is 1. The van der Waals surface area contributed by atoms with Crippen LogP contribution >= 0.6 is 0 Å². The van der Waals surface area contributed by atoms with E-state index in [4.69, 9.17) is 14.5 Å². The molecule has 1 fully saturated rings. The number of hydrogen-bond acceptors (Lipinski definition) is 6. The van der Waals surface area contributed by atoms with Gasteiger partial charge in [-0.25, -0.2) is 0 Å². The van der Waals surface area contributed by atoms with E-state index in [1.54, 1.807) is 6.20 Å². The van der Waals surface area contributed by atoms with Crippen LogP contribution in [-0.2, 0) is 17.8 Å². The molecule has 1 N–H and O–H groups in total. The summed E-state index contributed by atoms with van der Waals surface area (Å²) in [6.07, 6.45) is 2.48. The van der Waals surface area contributed by atoms with Gasteiger partial charge in [-0.3, -0.25) is 14.8 Å². The molecular weight excluding hydrogens is 476 g/mol. The monoisotopic (exact) mass is 504 g/mol. The molecule has 1 aromatic heterocycles. The highest BCUT2D eigenvalue weighted by Gasteiger charge is 2.18. The Morgan fingerprint density at radius 3 is 2.53 bits per heavy atom. The van der Waals surface area contributed by atoms with Crippen LogP contribution in [0.1, 0.15) is 27.2 Å². The maximum absolute atomic E-state index is 12.8. The zero-order valence-corrected chi connectivity index (χ0v) is 21.0. The standard InChI is InChI=1S/C31H28N4O3/c36-31(33-25-8-10-27(11-9-25)35-15-17-37-18-16-35)23-6-4-22(5-7-23)30-20-24-19-28(12-13-29(24)34-30)38-21-26-3-1-2-14-32-26/h1-14,19H,15-18,20-21H2,(H,33,36). The molecule has 1 saturated heterocycles. The number of carbonyl (C=O) groups is 1. The molecule has 7 nitrogen and oxygen atoms in total. The lowest BCUT2D eigenvalue weighted by Crippen LogP contribution is -2.36. The van der Waals surface area contributed by atoms with Gasteiger partial charge in [-0.05, 0) is 77.9 Å². The number of pyridine rings is 1. The molecule has 0 bridgehead atoms. The summed E-state index contributed by atoms with van der Waals surface area (Å²) in [5, 5.41) is 2.99. The lowest BCUT2D eigenvalue weighted by molar-refractivity contribution is 0.102. The molecule has 0 atom stereocenters. The summed E-state index contributed by atoms with van der Waals surface area (Å²) in [5.41, 5.74) is 7.46. The van der Waals surface area contributed by atoms with Crippen LogP contribution in [0.4, 0.5) is 17.1 Å². The number of ether oxygens (including phenoxy) is 2. The quantitative estimate of drug-likeness (QED) is 0.363. The fourth-order valence-corrected chi connectivity index (χ4v) is 4.67. The fraction of sp³-hybridized carbons (Fsp3) is 0.194. The van der Waals surface area contributed by atoms with Gasteiger partial charge >= 0.3 is 0 Å². The van der Waals surface area contributed by atoms with Gasteiger partial charge in [0, 0.05) is 42.6 Å². The van der Waals surface area contributed by atoms with Gasteiger partial charge in [0.05, 0.1) is 30.3 Å². The first kappa shape index (κ1) is 23.9. The van der Waals surface area contributed by atoms with Gasteiger partial charge < -0.3 is 19.7 Å². The van der Waals surface area contributed by atoms with E-state index in [9.17, 15) is 4.79 Å². The van der Waals surface area contributed by atoms with Crippen molar-refractivity contribution in [2.45, 2.75) is 13.0 Å². The maximum atomic E-state index is 12.8. The summed E-state index contributed by atoms with van der Waals surface area (Å²) < 4.78 is 11.3. The van der Waals surface area contributed by atoms with Crippen LogP contribution < -0.4 is 15.0 Å². The van der Waals surface area contributed by atoms with Crippen molar-refractivity contribution in [2.75, 3.05) is 36.5 Å². The number of aromatic nitrogens is 1. The number of carbonyl (C=O) groups excluding carboxylic acids is 1. The average Bonchev–Trinajstić information content (AvgIpc) is 3.41. The first-order valence-corrected chi connectivity index (χ1v) is 12.8. The minimum atomic E-state index is -0.137. The first-order chi connectivity index (χ1) is 18.7. The van der Waals surface area contributed by atoms with Crippen molar-refractivity contribution >= 4 is 28.7 Å². The first-order valence-electron chi connectivity index (χ1n) is 12.8. The molecule has 1 amide bonds. The normalized spacial score (nSPS) is 14.5. The topological polar surface area (TPSA) is 76.1 Å². The minimum absolute atomic E-state index is 0.137. The van der Waals surface area contributed by atoms with E-state index in [0.717, 1.165) is 78.1 Å². The molecule has 0 aliphatic carbocycles. The van der Waals surface area contributed by atoms with Crippen molar-refractivity contribution in [3.05, 3.63) is 114 Å². The van der Waals surface area contributed by atoms with Crippen LogP contribution in [0.3, 0.4) is 0 Å². The lowest BCUT2D eigenvalue weighted by atomic mass is 10.0. The van der Waals surface area contributed by atoms with Crippen molar-refractivity contribution < 1.29 is 14.3 Å². The van der Waals surface area contributed by atoms with Gasteiger partial charge in [-0.15, -0.1) is 0 Å². The molecule has 0 unspecified atom stereocenters. The number of anilines is 2. The third kappa shape index (κ3) is 5.43. The largest absolute Gasteiger partial charge is 0.487 e. The predicted octanol–water partition coefficient (Wildman–Crippen LogP) is 5.43. The minimum Gasteiger partial charge on any atom is -0.487 e. The molecular formula is C31H28N4O3. The summed E-state index contributed by atoms with van der Waals surface area (Å²) >= 11 is 0. The van der Waals surface area contributed by atoms with Gasteiger partial charge in [0.2, 0.25) is 0 Å². The van der Waals surface area contributed by atoms with Gasteiger partial charge in [0.15, 0.2) is 0 Å². The van der Waals surface area contributed by atoms with Gasteiger partial charge in [-0.1, -0.05) is 18.2 Å². The van der Waals surface area contributed by atoms with Crippen molar-refractivity contribution in [3.8, 4) is 5.75 Å². The van der Waals surface area contributed by atoms with Crippen molar-refractivity contribution in [3.63, 3.8) is 0 Å². The van der Waals surface area contributed by atoms with E-state index in [0.29, 0.717) is 12.2 Å². The van der Waals surface area contributed by atoms with Crippen molar-refractivity contribution in [1.82, 2.24) is 4.98 Å². The Morgan fingerprint density at radius 1 is 0.947 bits per heavy atom. The molecule has 2 aliphatic heterocycles. The van der Waals surface area contributed by atoms with Gasteiger partial charge in [0.1, 0.15) is 12.4 Å². The molecule has 6 rings (SSSR count). The second-order valence-electron chi connectivity index (χ2n) is 9.31. The summed E-state index contributed by atoms with van der Waals surface area (Å²) in [5.74, 6) is 0.665. The second kappa shape index (κ2) is 10.9. The third-order valence-electron chi connectivity index (χ3n) is 6.76. The van der Waals surface area contributed by atoms with E-state index in [2.05, 4.69) is 15.2 Å². The Bertz CT molecular complexity index is 1450. The van der Waals surface area contributed by atoms with Crippen LogP contribution in [0.15, 0.2) is 96.1 Å². The molecule has 0 radical (unpaired) electrons. The number of hydrogen-bond donors (Lipinski definition) is 1. The number of aliphatic imine (C=N–C) groups is 1. The van der Waals surface area contributed by atoms with Crippen LogP contribution in [0.2, 0.25) is 0 Å². The van der Waals surface area contributed by atoms with Gasteiger partial charge in [-0.2, -0.15) is 0 Å². The molecule has 3 heterocycles. The second-order valence-corrected chi connectivity index (χ2v) is 9.31. The van der Waals surface area contributed by atoms with E-state index in [1.807, 2.05) is 84.9 Å². The summed E-state index contributed by atoms with van der Waals surface area (Å²) in [7, 11) is 0. The Morgan fingerprint density at radius 2 is 1.76 bits per heavy atom. The van der Waals surface area contributed by atoms with E-state index in [1.165, 1.54) is 0 Å². The lowest BCUT2D eigenvalue weighted by Gasteiger charge is -2.28. The third-order valence-corrected chi connectivity index (χ3v) is 6.76. The highest BCUT2D eigenvalue weighted by Crippen LogP contribution is 2.32. The number of nitrogens with zero attached hydrogens (tertiary/aromatic N) is 3. The number of benzene rings is 3. The van der Waals surface area contributed by atoms with Gasteiger partial charge in [0.25, 0.3) is 5.91 Å². The van der Waals surface area contributed by atoms with Crippen LogP contribution in [0.25, 0.3) is 0 Å². The van der Waals surface area contributed by atoms with E-state index < -0.39 is 0 Å². The van der Waals surface area contributed by atoms with Crippen LogP contribution in [0, 0.1) is 0 Å². The van der Waals surface area contributed by atoms with E-state index in [-0.39, 0.29) is 5.91 Å². The zero-order valence-electron chi connectivity index (χ0n) is 21.0. The fourth-order valence-electron chi connectivity index (χ4n) is 4.67. The Balaban J connectivity index is 1.06. The molecule has 4 aromatic rings. The zero-order chi connectivity index (χ0) is 25.7. The number of nitrogens with one attached hydrogen (secondary N) is 1. The molecule has 190 valence electrons. The summed E-state index contributed by atoms with van der Waals surface area (Å²) in [6, 6.07) is 27.3. The van der Waals surface area contributed by atoms with Crippen molar-refractivity contribution in [2.24, 2.45) is 4.99 Å². The summed E-state index contributed by atoms with van der Waals surface area (Å²) in [6.45, 7) is 3.68. The average molecular weight is 505 g/mol. The van der Waals surface area contributed by atoms with E-state index >= 15 is 0 Å². The molecule has 7 heteroatoms. The number of rotatable bonds is 7. The highest BCUT2D eigenvalue weighted by atomic mass is 16.5. The molecule has 38 heavy (non-hydrogen) atoms. The highest BCUT2D eigenvalue weighted by molar-refractivity contribution is 6.08. The Kier molecular flexibility index (Phi) is 6.83. The van der Waals surface area contributed by atoms with Crippen molar-refractivity contribution in [1.29, 1.82) is 0 Å². The number of fused-ring (bicyclic) bond motifs is 1. The van der Waals surface area contributed by atoms with Crippen LogP contribution in [-0.4, -0.2) is 42.9 Å². The maximum Gasteiger partial charge on any atom is 0.255 e. The molecule has 0 saturated carbocycles. The predicted molar refractivity (Wildman–Crippen MR) is 149 cm³/mol. The smallest absolute Gasteiger partial charge is 0.255 e. The Labute approximate surface area is 221 Å².